The van der Waals surface area contributed by atoms with Gasteiger partial charge in [-0.05, 0) is 37.1 Å². The van der Waals surface area contributed by atoms with E-state index in [1.807, 2.05) is 12.1 Å². The van der Waals surface area contributed by atoms with Gasteiger partial charge in [0.2, 0.25) is 0 Å². The molecule has 3 aromatic rings. The quantitative estimate of drug-likeness (QED) is 0.803. The molecule has 0 aliphatic carbocycles. The average molecular weight is 309 g/mol. The van der Waals surface area contributed by atoms with Crippen LogP contribution >= 0.6 is 0 Å². The number of rotatable bonds is 3. The van der Waals surface area contributed by atoms with E-state index in [9.17, 15) is 4.79 Å². The molecular weight excluding hydrogens is 294 g/mol. The maximum atomic E-state index is 12.5. The summed E-state index contributed by atoms with van der Waals surface area (Å²) in [5.74, 6) is 1.55. The third-order valence-corrected chi connectivity index (χ3v) is 4.00. The first-order valence-electron chi connectivity index (χ1n) is 7.50. The fourth-order valence-electron chi connectivity index (χ4n) is 2.89. The van der Waals surface area contributed by atoms with Crippen LogP contribution in [0.1, 0.15) is 35.3 Å². The lowest BCUT2D eigenvalue weighted by atomic mass is 10.2. The van der Waals surface area contributed by atoms with E-state index in [1.165, 1.54) is 6.26 Å². The van der Waals surface area contributed by atoms with Crippen molar-refractivity contribution in [3.63, 3.8) is 0 Å². The lowest BCUT2D eigenvalue weighted by molar-refractivity contribution is 0.0697. The molecule has 1 saturated heterocycles. The molecule has 0 bridgehead atoms. The van der Waals surface area contributed by atoms with Crippen molar-refractivity contribution in [3.05, 3.63) is 54.5 Å². The van der Waals surface area contributed by atoms with Gasteiger partial charge in [-0.25, -0.2) is 4.98 Å². The van der Waals surface area contributed by atoms with E-state index in [2.05, 4.69) is 20.2 Å². The van der Waals surface area contributed by atoms with Gasteiger partial charge >= 0.3 is 0 Å². The highest BCUT2D eigenvalue weighted by molar-refractivity contribution is 5.91. The Kier molecular flexibility index (Phi) is 3.38. The molecule has 0 radical (unpaired) electrons. The second-order valence-electron chi connectivity index (χ2n) is 5.41. The van der Waals surface area contributed by atoms with Crippen molar-refractivity contribution in [3.8, 4) is 11.4 Å². The topological polar surface area (TPSA) is 87.9 Å². The van der Waals surface area contributed by atoms with Crippen molar-refractivity contribution >= 4 is 5.91 Å². The molecule has 0 saturated carbocycles. The Morgan fingerprint density at radius 3 is 2.96 bits per heavy atom. The first-order chi connectivity index (χ1) is 11.3. The number of aromatic amines is 1. The average Bonchev–Trinajstić information content (AvgIpc) is 3.35. The van der Waals surface area contributed by atoms with Gasteiger partial charge in [-0.1, -0.05) is 0 Å². The Bertz CT molecular complexity index is 797. The van der Waals surface area contributed by atoms with E-state index >= 15 is 0 Å². The predicted molar refractivity (Wildman–Crippen MR) is 81.3 cm³/mol. The second-order valence-corrected chi connectivity index (χ2v) is 5.41. The van der Waals surface area contributed by atoms with Crippen LogP contribution in [0.25, 0.3) is 11.4 Å². The number of furan rings is 1. The van der Waals surface area contributed by atoms with Crippen LogP contribution in [0.2, 0.25) is 0 Å². The van der Waals surface area contributed by atoms with Gasteiger partial charge in [-0.2, -0.15) is 5.10 Å². The van der Waals surface area contributed by atoms with Gasteiger partial charge in [0.25, 0.3) is 5.91 Å². The molecule has 1 aliphatic rings. The highest BCUT2D eigenvalue weighted by Crippen LogP contribution is 2.32. The van der Waals surface area contributed by atoms with Gasteiger partial charge in [0.1, 0.15) is 5.82 Å². The zero-order chi connectivity index (χ0) is 15.6. The summed E-state index contributed by atoms with van der Waals surface area (Å²) >= 11 is 0. The van der Waals surface area contributed by atoms with Crippen LogP contribution in [-0.4, -0.2) is 37.5 Å². The van der Waals surface area contributed by atoms with Crippen LogP contribution in [-0.2, 0) is 0 Å². The van der Waals surface area contributed by atoms with Crippen LogP contribution in [0.15, 0.2) is 47.3 Å². The van der Waals surface area contributed by atoms with Gasteiger partial charge in [0, 0.05) is 24.5 Å². The third-order valence-electron chi connectivity index (χ3n) is 4.00. The molecule has 0 spiro atoms. The standard InChI is InChI=1S/C16H15N5O2/c22-16(13-4-2-10-23-13)21-9-1-3-12(21)15-18-14(19-20-15)11-5-7-17-8-6-11/h2,4-8,10,12H,1,3,9H2,(H,18,19,20)/t12-/m0/s1. The first kappa shape index (κ1) is 13.7. The van der Waals surface area contributed by atoms with E-state index in [0.717, 1.165) is 18.4 Å². The fourth-order valence-corrected chi connectivity index (χ4v) is 2.89. The molecule has 1 amide bonds. The number of carbonyl (C=O) groups is 1. The predicted octanol–water partition coefficient (Wildman–Crippen LogP) is 2.44. The fraction of sp³-hybridized carbons (Fsp3) is 0.250. The van der Waals surface area contributed by atoms with Crippen LogP contribution in [0.5, 0.6) is 0 Å². The molecular formula is C16H15N5O2. The van der Waals surface area contributed by atoms with E-state index in [-0.39, 0.29) is 11.9 Å². The van der Waals surface area contributed by atoms with Crippen molar-refractivity contribution in [1.82, 2.24) is 25.1 Å². The van der Waals surface area contributed by atoms with Crippen molar-refractivity contribution < 1.29 is 9.21 Å². The molecule has 3 aromatic heterocycles. The highest BCUT2D eigenvalue weighted by atomic mass is 16.3. The molecule has 0 unspecified atom stereocenters. The Morgan fingerprint density at radius 1 is 1.30 bits per heavy atom. The SMILES string of the molecule is O=C(c1ccco1)N1CCC[C@H]1c1nc(-c2ccncc2)n[nH]1. The molecule has 0 aromatic carbocycles. The zero-order valence-corrected chi connectivity index (χ0v) is 12.3. The van der Waals surface area contributed by atoms with Crippen molar-refractivity contribution in [2.75, 3.05) is 6.54 Å². The molecule has 1 aliphatic heterocycles. The van der Waals surface area contributed by atoms with Gasteiger partial charge in [0.15, 0.2) is 11.6 Å². The van der Waals surface area contributed by atoms with Crippen LogP contribution < -0.4 is 0 Å². The zero-order valence-electron chi connectivity index (χ0n) is 12.3. The minimum Gasteiger partial charge on any atom is -0.459 e. The van der Waals surface area contributed by atoms with Gasteiger partial charge in [-0.3, -0.25) is 14.9 Å². The minimum atomic E-state index is -0.112. The van der Waals surface area contributed by atoms with Gasteiger partial charge < -0.3 is 9.32 Å². The van der Waals surface area contributed by atoms with E-state index in [1.54, 1.807) is 29.4 Å². The summed E-state index contributed by atoms with van der Waals surface area (Å²) in [7, 11) is 0. The Hall–Kier alpha value is -2.96. The summed E-state index contributed by atoms with van der Waals surface area (Å²) < 4.78 is 5.22. The molecule has 4 rings (SSSR count). The maximum absolute atomic E-state index is 12.5. The third kappa shape index (κ3) is 2.50. The first-order valence-corrected chi connectivity index (χ1v) is 7.50. The molecule has 1 N–H and O–H groups in total. The van der Waals surface area contributed by atoms with Crippen molar-refractivity contribution in [2.45, 2.75) is 18.9 Å². The normalized spacial score (nSPS) is 17.6. The van der Waals surface area contributed by atoms with Crippen LogP contribution in [0.3, 0.4) is 0 Å². The number of carbonyl (C=O) groups excluding carboxylic acids is 1. The summed E-state index contributed by atoms with van der Waals surface area (Å²) in [6.07, 6.45) is 6.70. The minimum absolute atomic E-state index is 0.101. The number of pyridine rings is 1. The van der Waals surface area contributed by atoms with E-state index in [0.29, 0.717) is 24.0 Å². The summed E-state index contributed by atoms with van der Waals surface area (Å²) in [4.78, 5) is 22.9. The number of hydrogen-bond donors (Lipinski definition) is 1. The smallest absolute Gasteiger partial charge is 0.290 e. The number of hydrogen-bond acceptors (Lipinski definition) is 5. The van der Waals surface area contributed by atoms with Gasteiger partial charge in [0.05, 0.1) is 12.3 Å². The Morgan fingerprint density at radius 2 is 2.17 bits per heavy atom. The maximum Gasteiger partial charge on any atom is 0.290 e. The largest absolute Gasteiger partial charge is 0.459 e. The summed E-state index contributed by atoms with van der Waals surface area (Å²) in [5.41, 5.74) is 0.893. The summed E-state index contributed by atoms with van der Waals surface area (Å²) in [6.45, 7) is 0.690. The summed E-state index contributed by atoms with van der Waals surface area (Å²) in [5, 5.41) is 7.23. The van der Waals surface area contributed by atoms with Crippen molar-refractivity contribution in [1.29, 1.82) is 0 Å². The molecule has 4 heterocycles. The monoisotopic (exact) mass is 309 g/mol. The number of likely N-dealkylation sites (tertiary alicyclic amines) is 1. The van der Waals surface area contributed by atoms with Crippen molar-refractivity contribution in [2.24, 2.45) is 0 Å². The Labute approximate surface area is 132 Å². The number of nitrogens with one attached hydrogen (secondary N) is 1. The van der Waals surface area contributed by atoms with Gasteiger partial charge in [-0.15, -0.1) is 0 Å². The lowest BCUT2D eigenvalue weighted by Crippen LogP contribution is -2.30. The molecule has 7 heteroatoms. The molecule has 1 atom stereocenters. The molecule has 23 heavy (non-hydrogen) atoms. The number of amides is 1. The lowest BCUT2D eigenvalue weighted by Gasteiger charge is -2.21. The summed E-state index contributed by atoms with van der Waals surface area (Å²) in [6, 6.07) is 7.01. The van der Waals surface area contributed by atoms with Crippen LogP contribution in [0.4, 0.5) is 0 Å². The Balaban J connectivity index is 1.60. The van der Waals surface area contributed by atoms with E-state index in [4.69, 9.17) is 4.42 Å². The second kappa shape index (κ2) is 5.68. The van der Waals surface area contributed by atoms with E-state index < -0.39 is 0 Å². The molecule has 1 fully saturated rings. The number of aromatic nitrogens is 4. The number of H-pyrrole nitrogens is 1. The molecule has 116 valence electrons. The number of nitrogens with zero attached hydrogens (tertiary/aromatic N) is 4. The van der Waals surface area contributed by atoms with Crippen LogP contribution in [0, 0.1) is 0 Å². The highest BCUT2D eigenvalue weighted by Gasteiger charge is 2.34. The molecule has 7 nitrogen and oxygen atoms in total.